The molecule has 4 nitrogen and oxygen atoms in total. The summed E-state index contributed by atoms with van der Waals surface area (Å²) in [5.74, 6) is -0.848. The minimum Gasteiger partial charge on any atom is -0.368 e. The SMILES string of the molecule is N#Cc1ccc(CN2Cc3ccccc3C[C@@H]2C(N)=O)c(F)c1. The van der Waals surface area contributed by atoms with E-state index in [0.717, 1.165) is 11.1 Å². The summed E-state index contributed by atoms with van der Waals surface area (Å²) in [5, 5.41) is 8.81. The summed E-state index contributed by atoms with van der Waals surface area (Å²) in [7, 11) is 0. The Hall–Kier alpha value is -2.71. The number of rotatable bonds is 3. The molecule has 2 N–H and O–H groups in total. The van der Waals surface area contributed by atoms with Gasteiger partial charge in [0.15, 0.2) is 0 Å². The molecule has 1 aliphatic heterocycles. The maximum absolute atomic E-state index is 14.1. The van der Waals surface area contributed by atoms with E-state index in [1.807, 2.05) is 35.2 Å². The number of benzene rings is 2. The fourth-order valence-corrected chi connectivity index (χ4v) is 2.99. The number of nitriles is 1. The molecule has 0 spiro atoms. The lowest BCUT2D eigenvalue weighted by molar-refractivity contribution is -0.124. The average Bonchev–Trinajstić information content (AvgIpc) is 2.55. The van der Waals surface area contributed by atoms with Crippen molar-refractivity contribution in [1.82, 2.24) is 4.90 Å². The maximum atomic E-state index is 14.1. The zero-order valence-corrected chi connectivity index (χ0v) is 12.5. The third-order valence-electron chi connectivity index (χ3n) is 4.23. The second kappa shape index (κ2) is 6.19. The third kappa shape index (κ3) is 3.08. The van der Waals surface area contributed by atoms with Gasteiger partial charge < -0.3 is 5.73 Å². The van der Waals surface area contributed by atoms with E-state index >= 15 is 0 Å². The highest BCUT2D eigenvalue weighted by Gasteiger charge is 2.30. The van der Waals surface area contributed by atoms with E-state index in [2.05, 4.69) is 0 Å². The van der Waals surface area contributed by atoms with Gasteiger partial charge in [0.05, 0.1) is 17.7 Å². The smallest absolute Gasteiger partial charge is 0.235 e. The van der Waals surface area contributed by atoms with Gasteiger partial charge in [0, 0.05) is 18.7 Å². The van der Waals surface area contributed by atoms with Crippen LogP contribution in [0.25, 0.3) is 0 Å². The fourth-order valence-electron chi connectivity index (χ4n) is 2.99. The first kappa shape index (κ1) is 15.2. The fraction of sp³-hybridized carbons (Fsp3) is 0.222. The summed E-state index contributed by atoms with van der Waals surface area (Å²) in [4.78, 5) is 13.7. The molecule has 0 aliphatic carbocycles. The molecule has 2 aromatic rings. The van der Waals surface area contributed by atoms with Crippen LogP contribution in [0.4, 0.5) is 4.39 Å². The molecule has 0 saturated heterocycles. The molecule has 1 aliphatic rings. The molecule has 1 amide bonds. The monoisotopic (exact) mass is 309 g/mol. The predicted molar refractivity (Wildman–Crippen MR) is 83.5 cm³/mol. The lowest BCUT2D eigenvalue weighted by Crippen LogP contribution is -2.48. The molecule has 0 aromatic heterocycles. The molecule has 0 unspecified atom stereocenters. The summed E-state index contributed by atoms with van der Waals surface area (Å²) in [6.45, 7) is 0.822. The van der Waals surface area contributed by atoms with Crippen LogP contribution in [0, 0.1) is 17.1 Å². The first-order valence-electron chi connectivity index (χ1n) is 7.37. The molecule has 1 atom stereocenters. The van der Waals surface area contributed by atoms with Gasteiger partial charge >= 0.3 is 0 Å². The molecule has 0 bridgehead atoms. The number of nitrogens with zero attached hydrogens (tertiary/aromatic N) is 2. The summed E-state index contributed by atoms with van der Waals surface area (Å²) in [6, 6.07) is 13.7. The maximum Gasteiger partial charge on any atom is 0.235 e. The number of hydrogen-bond acceptors (Lipinski definition) is 3. The predicted octanol–water partition coefficient (Wildman–Crippen LogP) is 2.11. The van der Waals surface area contributed by atoms with E-state index in [9.17, 15) is 9.18 Å². The van der Waals surface area contributed by atoms with Gasteiger partial charge in [-0.15, -0.1) is 0 Å². The Labute approximate surface area is 133 Å². The largest absolute Gasteiger partial charge is 0.368 e. The Morgan fingerprint density at radius 1 is 1.30 bits per heavy atom. The van der Waals surface area contributed by atoms with Crippen molar-refractivity contribution in [3.8, 4) is 6.07 Å². The lowest BCUT2D eigenvalue weighted by atomic mass is 9.93. The molecular weight excluding hydrogens is 293 g/mol. The van der Waals surface area contributed by atoms with E-state index in [1.54, 1.807) is 12.1 Å². The molecule has 2 aromatic carbocycles. The number of carbonyl (C=O) groups is 1. The zero-order chi connectivity index (χ0) is 16.4. The second-order valence-corrected chi connectivity index (χ2v) is 5.71. The zero-order valence-electron chi connectivity index (χ0n) is 12.5. The standard InChI is InChI=1S/C18H16FN3O/c19-16-7-12(9-20)5-6-15(16)11-22-10-14-4-2-1-3-13(14)8-17(22)18(21)23/h1-7,17H,8,10-11H2,(H2,21,23)/t17-/m1/s1. The topological polar surface area (TPSA) is 70.1 Å². The van der Waals surface area contributed by atoms with Crippen molar-refractivity contribution in [2.45, 2.75) is 25.6 Å². The normalized spacial score (nSPS) is 17.3. The van der Waals surface area contributed by atoms with E-state index in [1.165, 1.54) is 6.07 Å². The van der Waals surface area contributed by atoms with Crippen LogP contribution < -0.4 is 5.73 Å². The van der Waals surface area contributed by atoms with Crippen LogP contribution in [0.1, 0.15) is 22.3 Å². The number of primary amides is 1. The van der Waals surface area contributed by atoms with Crippen LogP contribution in [0.3, 0.4) is 0 Å². The van der Waals surface area contributed by atoms with Gasteiger partial charge in [-0.1, -0.05) is 30.3 Å². The van der Waals surface area contributed by atoms with Crippen LogP contribution in [0.2, 0.25) is 0 Å². The second-order valence-electron chi connectivity index (χ2n) is 5.71. The first-order chi connectivity index (χ1) is 11.1. The molecule has 23 heavy (non-hydrogen) atoms. The van der Waals surface area contributed by atoms with Crippen LogP contribution in [-0.2, 0) is 24.3 Å². The quantitative estimate of drug-likeness (QED) is 0.944. The van der Waals surface area contributed by atoms with Gasteiger partial charge in [-0.3, -0.25) is 9.69 Å². The minimum atomic E-state index is -0.458. The highest BCUT2D eigenvalue weighted by atomic mass is 19.1. The first-order valence-corrected chi connectivity index (χ1v) is 7.37. The number of nitrogens with two attached hydrogens (primary N) is 1. The van der Waals surface area contributed by atoms with Crippen molar-refractivity contribution >= 4 is 5.91 Å². The van der Waals surface area contributed by atoms with E-state index in [0.29, 0.717) is 18.5 Å². The molecule has 5 heteroatoms. The van der Waals surface area contributed by atoms with E-state index in [-0.39, 0.29) is 12.1 Å². The lowest BCUT2D eigenvalue weighted by Gasteiger charge is -2.35. The van der Waals surface area contributed by atoms with Gasteiger partial charge in [0.1, 0.15) is 5.82 Å². The number of amides is 1. The van der Waals surface area contributed by atoms with Crippen molar-refractivity contribution in [1.29, 1.82) is 5.26 Å². The van der Waals surface area contributed by atoms with Crippen molar-refractivity contribution in [3.05, 3.63) is 70.5 Å². The Kier molecular flexibility index (Phi) is 4.09. The van der Waals surface area contributed by atoms with E-state index in [4.69, 9.17) is 11.0 Å². The van der Waals surface area contributed by atoms with Crippen molar-refractivity contribution in [2.75, 3.05) is 0 Å². The van der Waals surface area contributed by atoms with Crippen molar-refractivity contribution < 1.29 is 9.18 Å². The number of carbonyl (C=O) groups excluding carboxylic acids is 1. The van der Waals surface area contributed by atoms with Crippen LogP contribution in [0.5, 0.6) is 0 Å². The van der Waals surface area contributed by atoms with E-state index < -0.39 is 17.8 Å². The number of hydrogen-bond donors (Lipinski definition) is 1. The van der Waals surface area contributed by atoms with Gasteiger partial charge in [-0.2, -0.15) is 5.26 Å². The molecule has 0 radical (unpaired) electrons. The Bertz CT molecular complexity index is 797. The number of halogens is 1. The summed E-state index contributed by atoms with van der Waals surface area (Å²) >= 11 is 0. The van der Waals surface area contributed by atoms with Gasteiger partial charge in [-0.05, 0) is 29.7 Å². The molecular formula is C18H16FN3O. The number of fused-ring (bicyclic) bond motifs is 1. The Morgan fingerprint density at radius 3 is 2.70 bits per heavy atom. The molecule has 116 valence electrons. The third-order valence-corrected chi connectivity index (χ3v) is 4.23. The highest BCUT2D eigenvalue weighted by Crippen LogP contribution is 2.25. The molecule has 0 fully saturated rings. The highest BCUT2D eigenvalue weighted by molar-refractivity contribution is 5.80. The van der Waals surface area contributed by atoms with Crippen molar-refractivity contribution in [3.63, 3.8) is 0 Å². The summed E-state index contributed by atoms with van der Waals surface area (Å²) in [6.07, 6.45) is 0.531. The van der Waals surface area contributed by atoms with Gasteiger partial charge in [0.25, 0.3) is 0 Å². The van der Waals surface area contributed by atoms with Crippen LogP contribution >= 0.6 is 0 Å². The van der Waals surface area contributed by atoms with Gasteiger partial charge in [-0.25, -0.2) is 4.39 Å². The van der Waals surface area contributed by atoms with Crippen LogP contribution in [0.15, 0.2) is 42.5 Å². The minimum absolute atomic E-state index is 0.277. The Balaban J connectivity index is 1.89. The molecule has 0 saturated carbocycles. The molecule has 3 rings (SSSR count). The van der Waals surface area contributed by atoms with Gasteiger partial charge in [0.2, 0.25) is 5.91 Å². The summed E-state index contributed by atoms with van der Waals surface area (Å²) in [5.41, 5.74) is 8.50. The van der Waals surface area contributed by atoms with Crippen LogP contribution in [-0.4, -0.2) is 16.8 Å². The summed E-state index contributed by atoms with van der Waals surface area (Å²) < 4.78 is 14.1. The molecule has 1 heterocycles. The Morgan fingerprint density at radius 2 is 2.04 bits per heavy atom. The van der Waals surface area contributed by atoms with Crippen molar-refractivity contribution in [2.24, 2.45) is 5.73 Å². The average molecular weight is 309 g/mol.